The van der Waals surface area contributed by atoms with E-state index in [0.717, 1.165) is 71.0 Å². The summed E-state index contributed by atoms with van der Waals surface area (Å²) >= 11 is 0. The van der Waals surface area contributed by atoms with Crippen LogP contribution in [0.5, 0.6) is 0 Å². The molecule has 2 heteroatoms. The van der Waals surface area contributed by atoms with Gasteiger partial charge in [-0.3, -0.25) is 0 Å². The molecular weight excluding hydrogens is 344 g/mol. The SMILES string of the molecule is CCCC(CC)(OCCCCc1ccccc1)OCCCCc1ccccc1. The van der Waals surface area contributed by atoms with E-state index in [2.05, 4.69) is 74.5 Å². The van der Waals surface area contributed by atoms with Crippen LogP contribution in [0.25, 0.3) is 0 Å². The quantitative estimate of drug-likeness (QED) is 0.244. The first-order chi connectivity index (χ1) is 13.8. The third-order valence-corrected chi connectivity index (χ3v) is 5.31. The molecule has 0 radical (unpaired) electrons. The molecule has 0 aliphatic carbocycles. The van der Waals surface area contributed by atoms with Gasteiger partial charge in [-0.25, -0.2) is 0 Å². The van der Waals surface area contributed by atoms with Crippen molar-refractivity contribution in [1.29, 1.82) is 0 Å². The Bertz CT molecular complexity index is 559. The first kappa shape index (κ1) is 22.6. The van der Waals surface area contributed by atoms with Crippen molar-refractivity contribution in [3.05, 3.63) is 71.8 Å². The Balaban J connectivity index is 1.66. The maximum Gasteiger partial charge on any atom is 0.167 e. The molecule has 0 aliphatic rings. The highest BCUT2D eigenvalue weighted by atomic mass is 16.7. The number of benzene rings is 2. The first-order valence-electron chi connectivity index (χ1n) is 11.1. The Kier molecular flexibility index (Phi) is 10.9. The molecule has 0 aliphatic heterocycles. The lowest BCUT2D eigenvalue weighted by molar-refractivity contribution is -0.244. The van der Waals surface area contributed by atoms with Gasteiger partial charge < -0.3 is 9.47 Å². The van der Waals surface area contributed by atoms with Crippen LogP contribution < -0.4 is 0 Å². The normalized spacial score (nSPS) is 11.6. The highest BCUT2D eigenvalue weighted by molar-refractivity contribution is 5.15. The second-order valence-corrected chi connectivity index (χ2v) is 7.60. The zero-order valence-electron chi connectivity index (χ0n) is 17.9. The summed E-state index contributed by atoms with van der Waals surface area (Å²) in [6, 6.07) is 21.4. The van der Waals surface area contributed by atoms with Gasteiger partial charge in [0.1, 0.15) is 0 Å². The van der Waals surface area contributed by atoms with Gasteiger partial charge in [-0.1, -0.05) is 80.9 Å². The van der Waals surface area contributed by atoms with Crippen molar-refractivity contribution in [3.63, 3.8) is 0 Å². The maximum atomic E-state index is 6.30. The standard InChI is InChI=1S/C26H38O2/c1-3-21-26(4-2,27-22-13-11-19-24-15-7-5-8-16-24)28-23-14-12-20-25-17-9-6-10-18-25/h5-10,15-18H,3-4,11-14,19-23H2,1-2H3. The molecule has 154 valence electrons. The fraction of sp³-hybridized carbons (Fsp3) is 0.538. The molecule has 0 spiro atoms. The Morgan fingerprint density at radius 2 is 1.11 bits per heavy atom. The molecule has 0 amide bonds. The van der Waals surface area contributed by atoms with E-state index in [1.54, 1.807) is 0 Å². The molecule has 0 unspecified atom stereocenters. The van der Waals surface area contributed by atoms with Crippen molar-refractivity contribution in [2.75, 3.05) is 13.2 Å². The molecule has 28 heavy (non-hydrogen) atoms. The van der Waals surface area contributed by atoms with Gasteiger partial charge in [-0.15, -0.1) is 0 Å². The molecular formula is C26H38O2. The highest BCUT2D eigenvalue weighted by Crippen LogP contribution is 2.25. The van der Waals surface area contributed by atoms with Crippen LogP contribution in [-0.4, -0.2) is 19.0 Å². The van der Waals surface area contributed by atoms with Crippen molar-refractivity contribution in [2.45, 2.75) is 77.4 Å². The van der Waals surface area contributed by atoms with E-state index in [9.17, 15) is 0 Å². The van der Waals surface area contributed by atoms with Crippen molar-refractivity contribution in [2.24, 2.45) is 0 Å². The van der Waals surface area contributed by atoms with E-state index in [0.29, 0.717) is 0 Å². The van der Waals surface area contributed by atoms with Gasteiger partial charge >= 0.3 is 0 Å². The molecule has 0 heterocycles. The number of ether oxygens (including phenoxy) is 2. The number of hydrogen-bond acceptors (Lipinski definition) is 2. The summed E-state index contributed by atoms with van der Waals surface area (Å²) in [5, 5.41) is 0. The molecule has 0 atom stereocenters. The summed E-state index contributed by atoms with van der Waals surface area (Å²) in [5.74, 6) is -0.395. The molecule has 2 aromatic carbocycles. The zero-order chi connectivity index (χ0) is 19.9. The van der Waals surface area contributed by atoms with Crippen LogP contribution in [0.3, 0.4) is 0 Å². The van der Waals surface area contributed by atoms with Crippen LogP contribution in [-0.2, 0) is 22.3 Å². The van der Waals surface area contributed by atoms with E-state index >= 15 is 0 Å². The summed E-state index contributed by atoms with van der Waals surface area (Å²) in [6.07, 6.45) is 9.70. The number of hydrogen-bond donors (Lipinski definition) is 0. The molecule has 0 N–H and O–H groups in total. The van der Waals surface area contributed by atoms with Gasteiger partial charge in [0.05, 0.1) is 13.2 Å². The summed E-state index contributed by atoms with van der Waals surface area (Å²) in [6.45, 7) is 5.96. The third-order valence-electron chi connectivity index (χ3n) is 5.31. The molecule has 0 saturated heterocycles. The maximum absolute atomic E-state index is 6.30. The zero-order valence-corrected chi connectivity index (χ0v) is 17.9. The Hall–Kier alpha value is -1.64. The van der Waals surface area contributed by atoms with Gasteiger partial charge in [0.2, 0.25) is 0 Å². The Morgan fingerprint density at radius 1 is 0.643 bits per heavy atom. The lowest BCUT2D eigenvalue weighted by Crippen LogP contribution is -2.36. The van der Waals surface area contributed by atoms with Crippen LogP contribution in [0.1, 0.15) is 69.9 Å². The van der Waals surface area contributed by atoms with E-state index in [1.165, 1.54) is 11.1 Å². The van der Waals surface area contributed by atoms with E-state index in [4.69, 9.17) is 9.47 Å². The molecule has 2 aromatic rings. The Labute approximate surface area is 172 Å². The third kappa shape index (κ3) is 8.58. The Morgan fingerprint density at radius 3 is 1.50 bits per heavy atom. The lowest BCUT2D eigenvalue weighted by atomic mass is 10.1. The van der Waals surface area contributed by atoms with Gasteiger partial charge in [0, 0.05) is 6.42 Å². The number of rotatable bonds is 15. The first-order valence-corrected chi connectivity index (χ1v) is 11.1. The fourth-order valence-electron chi connectivity index (χ4n) is 3.62. The molecule has 0 fully saturated rings. The van der Waals surface area contributed by atoms with Gasteiger partial charge in [-0.2, -0.15) is 0 Å². The van der Waals surface area contributed by atoms with Crippen molar-refractivity contribution in [3.8, 4) is 0 Å². The highest BCUT2D eigenvalue weighted by Gasteiger charge is 2.28. The van der Waals surface area contributed by atoms with Crippen molar-refractivity contribution < 1.29 is 9.47 Å². The summed E-state index contributed by atoms with van der Waals surface area (Å²) < 4.78 is 12.6. The van der Waals surface area contributed by atoms with Crippen LogP contribution in [0.15, 0.2) is 60.7 Å². The van der Waals surface area contributed by atoms with Crippen molar-refractivity contribution in [1.82, 2.24) is 0 Å². The molecule has 0 aromatic heterocycles. The monoisotopic (exact) mass is 382 g/mol. The minimum absolute atomic E-state index is 0.395. The average molecular weight is 383 g/mol. The smallest absolute Gasteiger partial charge is 0.167 e. The lowest BCUT2D eigenvalue weighted by Gasteiger charge is -2.33. The average Bonchev–Trinajstić information content (AvgIpc) is 2.74. The van der Waals surface area contributed by atoms with Crippen LogP contribution in [0.4, 0.5) is 0 Å². The largest absolute Gasteiger partial charge is 0.350 e. The van der Waals surface area contributed by atoms with Crippen LogP contribution in [0, 0.1) is 0 Å². The van der Waals surface area contributed by atoms with Crippen LogP contribution >= 0.6 is 0 Å². The summed E-state index contributed by atoms with van der Waals surface area (Å²) in [7, 11) is 0. The second-order valence-electron chi connectivity index (χ2n) is 7.60. The van der Waals surface area contributed by atoms with E-state index < -0.39 is 5.79 Å². The summed E-state index contributed by atoms with van der Waals surface area (Å²) in [5.41, 5.74) is 2.82. The van der Waals surface area contributed by atoms with Crippen molar-refractivity contribution >= 4 is 0 Å². The number of aryl methyl sites for hydroxylation is 2. The van der Waals surface area contributed by atoms with Gasteiger partial charge in [-0.05, 0) is 56.1 Å². The minimum atomic E-state index is -0.395. The van der Waals surface area contributed by atoms with E-state index in [1.807, 2.05) is 0 Å². The second kappa shape index (κ2) is 13.5. The predicted molar refractivity (Wildman–Crippen MR) is 119 cm³/mol. The molecule has 2 rings (SSSR count). The summed E-state index contributed by atoms with van der Waals surface area (Å²) in [4.78, 5) is 0. The van der Waals surface area contributed by atoms with Crippen LogP contribution in [0.2, 0.25) is 0 Å². The molecule has 2 nitrogen and oxygen atoms in total. The minimum Gasteiger partial charge on any atom is -0.350 e. The topological polar surface area (TPSA) is 18.5 Å². The van der Waals surface area contributed by atoms with Gasteiger partial charge in [0.15, 0.2) is 5.79 Å². The molecule has 0 saturated carbocycles. The fourth-order valence-corrected chi connectivity index (χ4v) is 3.62. The predicted octanol–water partition coefficient (Wildman–Crippen LogP) is 6.97. The van der Waals surface area contributed by atoms with E-state index in [-0.39, 0.29) is 0 Å². The van der Waals surface area contributed by atoms with Gasteiger partial charge in [0.25, 0.3) is 0 Å². The molecule has 0 bridgehead atoms. The number of unbranched alkanes of at least 4 members (excludes halogenated alkanes) is 2.